The standard InChI is InChI=1S/C34H31ClN2O5/c35-26-12-10-25(11-13-26)34(40)16-20-37(21-17-34)19-3-4-24-22-29-30(41-27-14-8-23(9-15-27)33(38)39)6-1-7-31(29)42-32-28(24)5-2-18-36-32/h1-2,4-15,18,40H,3,16-17,19-22H2,(H,38,39). The summed E-state index contributed by atoms with van der Waals surface area (Å²) in [7, 11) is 0. The van der Waals surface area contributed by atoms with E-state index in [0.717, 1.165) is 48.3 Å². The van der Waals surface area contributed by atoms with Gasteiger partial charge in [-0.15, -0.1) is 0 Å². The summed E-state index contributed by atoms with van der Waals surface area (Å²) in [4.78, 5) is 18.1. The lowest BCUT2D eigenvalue weighted by atomic mass is 9.84. The number of pyridine rings is 1. The molecular weight excluding hydrogens is 552 g/mol. The normalized spacial score (nSPS) is 17.0. The zero-order chi connectivity index (χ0) is 29.1. The molecule has 0 spiro atoms. The first kappa shape index (κ1) is 28.0. The van der Waals surface area contributed by atoms with Gasteiger partial charge in [-0.05, 0) is 91.1 Å². The van der Waals surface area contributed by atoms with E-state index in [1.54, 1.807) is 18.3 Å². The topological polar surface area (TPSA) is 92.1 Å². The number of ether oxygens (including phenoxy) is 2. The number of carboxylic acids is 1. The van der Waals surface area contributed by atoms with Crippen LogP contribution < -0.4 is 9.47 Å². The monoisotopic (exact) mass is 582 g/mol. The first-order valence-corrected chi connectivity index (χ1v) is 14.4. The number of aromatic carboxylic acids is 1. The van der Waals surface area contributed by atoms with Crippen molar-refractivity contribution in [2.45, 2.75) is 31.3 Å². The van der Waals surface area contributed by atoms with E-state index in [1.165, 1.54) is 12.1 Å². The SMILES string of the molecule is O=C(O)c1ccc(Oc2cccc3c2CC(=CCCN2CCC(O)(c4ccc(Cl)cc4)CC2)c2cccnc2O3)cc1. The molecule has 3 heterocycles. The number of carbonyl (C=O) groups is 1. The molecule has 4 aromatic rings. The van der Waals surface area contributed by atoms with Gasteiger partial charge in [0.25, 0.3) is 0 Å². The van der Waals surface area contributed by atoms with Crippen LogP contribution in [0.25, 0.3) is 5.57 Å². The van der Waals surface area contributed by atoms with Gasteiger partial charge in [-0.2, -0.15) is 0 Å². The van der Waals surface area contributed by atoms with E-state index in [0.29, 0.717) is 47.4 Å². The summed E-state index contributed by atoms with van der Waals surface area (Å²) in [6.07, 6.45) is 6.74. The van der Waals surface area contributed by atoms with Crippen LogP contribution in [0.4, 0.5) is 0 Å². The highest BCUT2D eigenvalue weighted by Crippen LogP contribution is 2.43. The van der Waals surface area contributed by atoms with Crippen LogP contribution in [0, 0.1) is 0 Å². The number of fused-ring (bicyclic) bond motifs is 2. The molecule has 1 fully saturated rings. The molecule has 0 atom stereocenters. The van der Waals surface area contributed by atoms with Gasteiger partial charge < -0.3 is 24.6 Å². The maximum Gasteiger partial charge on any atom is 0.335 e. The molecule has 2 aliphatic heterocycles. The number of likely N-dealkylation sites (tertiary alicyclic amines) is 1. The van der Waals surface area contributed by atoms with Gasteiger partial charge in [0.1, 0.15) is 17.2 Å². The van der Waals surface area contributed by atoms with Gasteiger partial charge in [0.2, 0.25) is 5.88 Å². The lowest BCUT2D eigenvalue weighted by Crippen LogP contribution is -2.42. The molecule has 0 saturated carbocycles. The highest BCUT2D eigenvalue weighted by atomic mass is 35.5. The maximum atomic E-state index is 11.2. The predicted molar refractivity (Wildman–Crippen MR) is 162 cm³/mol. The summed E-state index contributed by atoms with van der Waals surface area (Å²) in [6, 6.07) is 23.5. The highest BCUT2D eigenvalue weighted by Gasteiger charge is 2.33. The summed E-state index contributed by atoms with van der Waals surface area (Å²) < 4.78 is 12.5. The van der Waals surface area contributed by atoms with Gasteiger partial charge in [-0.3, -0.25) is 0 Å². The molecule has 6 rings (SSSR count). The molecule has 42 heavy (non-hydrogen) atoms. The van der Waals surface area contributed by atoms with Crippen LogP contribution in [0.2, 0.25) is 5.02 Å². The van der Waals surface area contributed by atoms with Gasteiger partial charge in [-0.25, -0.2) is 9.78 Å². The Balaban J connectivity index is 1.18. The van der Waals surface area contributed by atoms with Crippen molar-refractivity contribution in [1.82, 2.24) is 9.88 Å². The highest BCUT2D eigenvalue weighted by molar-refractivity contribution is 6.30. The molecule has 1 aromatic heterocycles. The number of nitrogens with zero attached hydrogens (tertiary/aromatic N) is 2. The summed E-state index contributed by atoms with van der Waals surface area (Å²) in [5.74, 6) is 1.44. The van der Waals surface area contributed by atoms with E-state index >= 15 is 0 Å². The second-order valence-corrected chi connectivity index (χ2v) is 11.1. The number of piperidine rings is 1. The quantitative estimate of drug-likeness (QED) is 0.236. The predicted octanol–water partition coefficient (Wildman–Crippen LogP) is 7.33. The van der Waals surface area contributed by atoms with Crippen molar-refractivity contribution in [2.75, 3.05) is 19.6 Å². The number of rotatable bonds is 7. The van der Waals surface area contributed by atoms with Crippen LogP contribution in [0.1, 0.15) is 46.3 Å². The fourth-order valence-corrected chi connectivity index (χ4v) is 5.73. The maximum absolute atomic E-state index is 11.2. The van der Waals surface area contributed by atoms with Crippen molar-refractivity contribution >= 4 is 23.1 Å². The van der Waals surface area contributed by atoms with Crippen molar-refractivity contribution in [3.8, 4) is 23.1 Å². The molecule has 0 radical (unpaired) electrons. The van der Waals surface area contributed by atoms with Crippen molar-refractivity contribution in [3.05, 3.63) is 118 Å². The number of aromatic nitrogens is 1. The zero-order valence-electron chi connectivity index (χ0n) is 23.0. The van der Waals surface area contributed by atoms with Gasteiger partial charge in [0.15, 0.2) is 0 Å². The number of carboxylic acid groups (broad SMARTS) is 1. The summed E-state index contributed by atoms with van der Waals surface area (Å²) in [5, 5.41) is 21.1. The van der Waals surface area contributed by atoms with E-state index in [9.17, 15) is 15.0 Å². The first-order chi connectivity index (χ1) is 20.4. The van der Waals surface area contributed by atoms with Gasteiger partial charge in [-0.1, -0.05) is 35.9 Å². The van der Waals surface area contributed by atoms with E-state index < -0.39 is 11.6 Å². The molecule has 1 saturated heterocycles. The Morgan fingerprint density at radius 1 is 1.02 bits per heavy atom. The molecule has 2 N–H and O–H groups in total. The summed E-state index contributed by atoms with van der Waals surface area (Å²) in [5.41, 5.74) is 3.25. The molecule has 7 nitrogen and oxygen atoms in total. The van der Waals surface area contributed by atoms with Crippen molar-refractivity contribution < 1.29 is 24.5 Å². The van der Waals surface area contributed by atoms with Crippen LogP contribution in [-0.4, -0.2) is 45.7 Å². The van der Waals surface area contributed by atoms with Crippen LogP contribution in [0.15, 0.2) is 91.1 Å². The molecule has 0 aliphatic carbocycles. The smallest absolute Gasteiger partial charge is 0.335 e. The Kier molecular flexibility index (Phi) is 7.98. The van der Waals surface area contributed by atoms with Crippen molar-refractivity contribution in [1.29, 1.82) is 0 Å². The Morgan fingerprint density at radius 3 is 2.52 bits per heavy atom. The zero-order valence-corrected chi connectivity index (χ0v) is 23.8. The second-order valence-electron chi connectivity index (χ2n) is 10.7. The Morgan fingerprint density at radius 2 is 1.79 bits per heavy atom. The van der Waals surface area contributed by atoms with E-state index in [2.05, 4.69) is 16.0 Å². The lowest BCUT2D eigenvalue weighted by molar-refractivity contribution is -0.0254. The van der Waals surface area contributed by atoms with Crippen LogP contribution in [0.5, 0.6) is 23.1 Å². The fraction of sp³-hybridized carbons (Fsp3) is 0.235. The number of hydrogen-bond acceptors (Lipinski definition) is 6. The molecule has 2 aliphatic rings. The average molecular weight is 583 g/mol. The third kappa shape index (κ3) is 6.04. The van der Waals surface area contributed by atoms with Crippen molar-refractivity contribution in [3.63, 3.8) is 0 Å². The van der Waals surface area contributed by atoms with E-state index in [4.69, 9.17) is 21.1 Å². The molecule has 214 valence electrons. The van der Waals surface area contributed by atoms with Gasteiger partial charge in [0, 0.05) is 48.4 Å². The molecule has 0 bridgehead atoms. The number of allylic oxidation sites excluding steroid dienone is 1. The van der Waals surface area contributed by atoms with E-state index in [-0.39, 0.29) is 5.56 Å². The minimum atomic E-state index is -0.981. The number of halogens is 1. The molecule has 8 heteroatoms. The Labute approximate surface area is 249 Å². The summed E-state index contributed by atoms with van der Waals surface area (Å²) in [6.45, 7) is 2.49. The first-order valence-electron chi connectivity index (χ1n) is 14.0. The third-order valence-corrected chi connectivity index (χ3v) is 8.26. The lowest BCUT2D eigenvalue weighted by Gasteiger charge is -2.38. The van der Waals surface area contributed by atoms with Gasteiger partial charge in [0.05, 0.1) is 11.2 Å². The van der Waals surface area contributed by atoms with Gasteiger partial charge >= 0.3 is 5.97 Å². The Bertz CT molecular complexity index is 1610. The van der Waals surface area contributed by atoms with Crippen LogP contribution >= 0.6 is 11.6 Å². The largest absolute Gasteiger partial charge is 0.478 e. The molecule has 0 unspecified atom stereocenters. The minimum absolute atomic E-state index is 0.202. The van der Waals surface area contributed by atoms with Crippen LogP contribution in [0.3, 0.4) is 0 Å². The third-order valence-electron chi connectivity index (χ3n) is 8.01. The van der Waals surface area contributed by atoms with E-state index in [1.807, 2.05) is 54.6 Å². The molecular formula is C34H31ClN2O5. The second kappa shape index (κ2) is 12.0. The fourth-order valence-electron chi connectivity index (χ4n) is 5.61. The average Bonchev–Trinajstić information content (AvgIpc) is 3.16. The Hall–Kier alpha value is -4.17. The molecule has 0 amide bonds. The molecule has 3 aromatic carbocycles. The number of aliphatic hydroxyl groups is 1. The number of hydrogen-bond donors (Lipinski definition) is 2. The minimum Gasteiger partial charge on any atom is -0.478 e. The number of benzene rings is 3. The van der Waals surface area contributed by atoms with Crippen molar-refractivity contribution in [2.24, 2.45) is 0 Å². The van der Waals surface area contributed by atoms with Crippen LogP contribution in [-0.2, 0) is 12.0 Å². The summed E-state index contributed by atoms with van der Waals surface area (Å²) >= 11 is 6.04.